The summed E-state index contributed by atoms with van der Waals surface area (Å²) in [5.74, 6) is 0.391. The van der Waals surface area contributed by atoms with E-state index in [0.717, 1.165) is 0 Å². The molecule has 4 aromatic rings. The Morgan fingerprint density at radius 2 is 0.783 bits per heavy atom. The van der Waals surface area contributed by atoms with Crippen LogP contribution in [0, 0.1) is 0 Å². The second kappa shape index (κ2) is 22.9. The van der Waals surface area contributed by atoms with Gasteiger partial charge in [-0.2, -0.15) is 0 Å². The summed E-state index contributed by atoms with van der Waals surface area (Å²) in [5, 5.41) is 57.9. The molecule has 0 saturated carbocycles. The van der Waals surface area contributed by atoms with Gasteiger partial charge in [0.1, 0.15) is 49.3 Å². The lowest BCUT2D eigenvalue weighted by molar-refractivity contribution is -0.0521. The molecular weight excluding hydrogens is 1050 g/mol. The maximum absolute atomic E-state index is 10.1. The van der Waals surface area contributed by atoms with Crippen LogP contribution in [-0.4, -0.2) is 178 Å². The fourth-order valence-corrected chi connectivity index (χ4v) is 5.53. The predicted octanol–water partition coefficient (Wildman–Crippen LogP) is -6.15. The van der Waals surface area contributed by atoms with Gasteiger partial charge in [-0.15, -0.1) is 0 Å². The normalized spacial score (nSPS) is 24.1. The van der Waals surface area contributed by atoms with Crippen LogP contribution in [0.15, 0.2) is 22.1 Å². The second-order valence-corrected chi connectivity index (χ2v) is 16.4. The van der Waals surface area contributed by atoms with Crippen molar-refractivity contribution in [3.8, 4) is 0 Å². The minimum atomic E-state index is -4.64. The van der Waals surface area contributed by atoms with E-state index in [1.807, 2.05) is 0 Å². The van der Waals surface area contributed by atoms with Crippen molar-refractivity contribution >= 4 is 97.1 Å². The zero-order valence-electron chi connectivity index (χ0n) is 29.0. The first-order valence-electron chi connectivity index (χ1n) is 14.7. The number of aliphatic hydroxyl groups is 6. The van der Waals surface area contributed by atoms with Crippen LogP contribution in [0.2, 0.25) is 0 Å². The average Bonchev–Trinajstić information content (AvgIpc) is 3.75. The number of anilines is 2. The Balaban J connectivity index is 0.000000417. The summed E-state index contributed by atoms with van der Waals surface area (Å²) in [7, 11) is -18.6. The zero-order chi connectivity index (χ0) is 46.9. The third-order valence-electron chi connectivity index (χ3n) is 6.47. The van der Waals surface area contributed by atoms with Gasteiger partial charge in [0.25, 0.3) is 0 Å². The summed E-state index contributed by atoms with van der Waals surface area (Å²) in [6, 6.07) is 0. The molecule has 0 aliphatic carbocycles. The molecule has 0 bridgehead atoms. The minimum Gasteiger partial charge on any atom is -0.394 e. The molecule has 22 N–H and O–H groups in total. The van der Waals surface area contributed by atoms with E-state index in [0.29, 0.717) is 31.8 Å². The topological polar surface area (TPSA) is 590 Å². The number of hydrogen-bond acceptors (Lipinski definition) is 20. The van der Waals surface area contributed by atoms with Gasteiger partial charge in [0.05, 0.1) is 13.2 Å². The molecule has 0 unspecified atom stereocenters. The third kappa shape index (κ3) is 19.0. The fourth-order valence-electron chi connectivity index (χ4n) is 4.44. The summed E-state index contributed by atoms with van der Waals surface area (Å²) < 4.78 is 50.0. The summed E-state index contributed by atoms with van der Waals surface area (Å²) in [6.45, 7) is -0.813. The van der Waals surface area contributed by atoms with Crippen LogP contribution in [0.1, 0.15) is 12.5 Å². The van der Waals surface area contributed by atoms with Gasteiger partial charge in [0, 0.05) is 0 Å². The van der Waals surface area contributed by atoms with Crippen molar-refractivity contribution in [2.24, 2.45) is 0 Å². The largest absolute Gasteiger partial charge is 0.466 e. The number of nitrogens with two attached hydrogens (primary N) is 2. The van der Waals surface area contributed by atoms with Gasteiger partial charge in [-0.1, -0.05) is 0 Å². The number of nitrogens with zero attached hydrogens (tertiary/aromatic N) is 8. The highest BCUT2D eigenvalue weighted by Gasteiger charge is 2.46. The van der Waals surface area contributed by atoms with Crippen LogP contribution in [0.4, 0.5) is 11.6 Å². The number of ether oxygens (including phenoxy) is 2. The van der Waals surface area contributed by atoms with Gasteiger partial charge in [0.2, 0.25) is 0 Å². The van der Waals surface area contributed by atoms with Crippen molar-refractivity contribution in [3.63, 3.8) is 0 Å². The molecule has 2 aliphatic heterocycles. The number of aromatic nitrogens is 8. The van der Waals surface area contributed by atoms with Gasteiger partial charge in [-0.25, -0.2) is 48.2 Å². The Morgan fingerprint density at radius 3 is 1.00 bits per heavy atom. The Bertz CT molecular complexity index is 1980. The molecule has 0 aromatic carbocycles. The molecule has 344 valence electrons. The molecule has 0 radical (unpaired) electrons. The lowest BCUT2D eigenvalue weighted by Gasteiger charge is -2.17. The van der Waals surface area contributed by atoms with Crippen molar-refractivity contribution < 1.29 is 117 Å². The van der Waals surface area contributed by atoms with E-state index < -0.39 is 93.6 Å². The minimum absolute atomic E-state index is 0.196. The maximum Gasteiger partial charge on any atom is 0.466 e. The molecule has 4 aromatic heterocycles. The molecule has 40 heteroatoms. The number of halogens is 2. The van der Waals surface area contributed by atoms with Crippen LogP contribution >= 0.6 is 63.2 Å². The first-order chi connectivity index (χ1) is 27.1. The fraction of sp³-hybridized carbons (Fsp3) is 0.500. The third-order valence-corrected chi connectivity index (χ3v) is 7.59. The number of phosphoric acid groups is 4. The molecular formula is C20H36Br2N10O24P4. The Hall–Kier alpha value is -2.22. The lowest BCUT2D eigenvalue weighted by Crippen LogP contribution is -2.33. The van der Waals surface area contributed by atoms with Crippen LogP contribution < -0.4 is 11.5 Å². The Kier molecular flexibility index (Phi) is 21.3. The van der Waals surface area contributed by atoms with Crippen LogP contribution in [0.3, 0.4) is 0 Å². The zero-order valence-corrected chi connectivity index (χ0v) is 35.7. The van der Waals surface area contributed by atoms with Gasteiger partial charge >= 0.3 is 31.3 Å². The molecule has 6 rings (SSSR count). The molecule has 8 atom stereocenters. The number of aliphatic hydroxyl groups excluding tert-OH is 6. The molecule has 0 amide bonds. The Morgan fingerprint density at radius 1 is 0.533 bits per heavy atom. The molecule has 34 nitrogen and oxygen atoms in total. The van der Waals surface area contributed by atoms with E-state index in [4.69, 9.17) is 108 Å². The van der Waals surface area contributed by atoms with E-state index >= 15 is 0 Å². The van der Waals surface area contributed by atoms with Crippen molar-refractivity contribution in [1.29, 1.82) is 0 Å². The SMILES string of the molecule is Nc1ncnc2c1nc(Br)n2[C@@H]1O[C@H](CO)[C@@H](O)[C@H]1O.Nc1ncnc2c1nc(Br)n2[C@@H]1O[C@H](CO)[C@@H](O)[C@H]1O.O=P(O)(O)O.O=P(O)(O)O.O=P(O)(O)O.O=P(O)(O)O. The molecule has 2 aliphatic rings. The highest BCUT2D eigenvalue weighted by atomic mass is 79.9. The van der Waals surface area contributed by atoms with Gasteiger partial charge in [-0.05, 0) is 31.9 Å². The van der Waals surface area contributed by atoms with Crippen LogP contribution in [0.25, 0.3) is 22.3 Å². The molecule has 0 spiro atoms. The first-order valence-corrected chi connectivity index (χ1v) is 22.6. The van der Waals surface area contributed by atoms with Crippen LogP contribution in [-0.2, 0) is 27.7 Å². The van der Waals surface area contributed by atoms with E-state index in [9.17, 15) is 20.4 Å². The quantitative estimate of drug-likeness (QED) is 0.0668. The van der Waals surface area contributed by atoms with Gasteiger partial charge < -0.3 is 110 Å². The van der Waals surface area contributed by atoms with E-state index in [-0.39, 0.29) is 11.6 Å². The highest BCUT2D eigenvalue weighted by Crippen LogP contribution is 2.36. The number of nitrogen functional groups attached to an aromatic ring is 2. The predicted molar refractivity (Wildman–Crippen MR) is 198 cm³/mol. The Labute approximate surface area is 348 Å². The van der Waals surface area contributed by atoms with Crippen molar-refractivity contribution in [2.45, 2.75) is 49.1 Å². The second-order valence-electron chi connectivity index (χ2n) is 10.9. The summed E-state index contributed by atoms with van der Waals surface area (Å²) in [5.41, 5.74) is 12.9. The lowest BCUT2D eigenvalue weighted by atomic mass is 10.1. The molecule has 2 saturated heterocycles. The smallest absolute Gasteiger partial charge is 0.394 e. The highest BCUT2D eigenvalue weighted by molar-refractivity contribution is 9.10. The van der Waals surface area contributed by atoms with E-state index in [1.54, 1.807) is 0 Å². The van der Waals surface area contributed by atoms with Crippen LogP contribution in [0.5, 0.6) is 0 Å². The number of imidazole rings is 2. The van der Waals surface area contributed by atoms with Crippen molar-refractivity contribution in [2.75, 3.05) is 24.7 Å². The molecule has 60 heavy (non-hydrogen) atoms. The average molecular weight is 1080 g/mol. The maximum atomic E-state index is 10.1. The van der Waals surface area contributed by atoms with Crippen molar-refractivity contribution in [3.05, 3.63) is 22.1 Å². The number of fused-ring (bicyclic) bond motifs is 2. The van der Waals surface area contributed by atoms with Gasteiger partial charge in [0.15, 0.2) is 55.9 Å². The number of rotatable bonds is 4. The first kappa shape index (κ1) is 55.8. The van der Waals surface area contributed by atoms with E-state index in [2.05, 4.69) is 61.8 Å². The van der Waals surface area contributed by atoms with Gasteiger partial charge in [-0.3, -0.25) is 9.13 Å². The molecule has 6 heterocycles. The molecule has 2 fully saturated rings. The summed E-state index contributed by atoms with van der Waals surface area (Å²) in [6.07, 6.45) is -5.94. The summed E-state index contributed by atoms with van der Waals surface area (Å²) in [4.78, 5) is 110. The summed E-state index contributed by atoms with van der Waals surface area (Å²) >= 11 is 6.47. The van der Waals surface area contributed by atoms with Crippen molar-refractivity contribution in [1.82, 2.24) is 39.0 Å². The van der Waals surface area contributed by atoms with E-state index in [1.165, 1.54) is 21.8 Å². The number of hydrogen-bond donors (Lipinski definition) is 20. The standard InChI is InChI=1S/2C10H12BrN5O4.4H3O4P/c2*11-10-15-4-7(12)13-2-14-8(4)16(10)9-6(19)5(18)3(1-17)20-9;4*1-5(2,3)4/h2*2-3,5-6,9,17-19H,1H2,(H2,12,13,14);4*(H3,1,2,3,4)/t2*3-,5-,6-,9-;;;;/m11..../s1. The monoisotopic (exact) mass is 1080 g/mol.